The highest BCUT2D eigenvalue weighted by atomic mass is 127. The SMILES string of the molecule is O=[N+]([O-])c1cccc2scc(I)c12. The predicted molar refractivity (Wildman–Crippen MR) is 61.2 cm³/mol. The molecule has 0 aliphatic heterocycles. The maximum Gasteiger partial charge on any atom is 0.279 e. The molecule has 1 heterocycles. The molecule has 0 N–H and O–H groups in total. The lowest BCUT2D eigenvalue weighted by Crippen LogP contribution is -1.88. The first-order valence-corrected chi connectivity index (χ1v) is 5.46. The maximum atomic E-state index is 10.7. The minimum Gasteiger partial charge on any atom is -0.258 e. The molecule has 0 saturated carbocycles. The highest BCUT2D eigenvalue weighted by molar-refractivity contribution is 14.1. The van der Waals surface area contributed by atoms with Gasteiger partial charge in [0.05, 0.1) is 10.3 Å². The van der Waals surface area contributed by atoms with Crippen molar-refractivity contribution in [2.24, 2.45) is 0 Å². The van der Waals surface area contributed by atoms with Gasteiger partial charge in [-0.15, -0.1) is 11.3 Å². The lowest BCUT2D eigenvalue weighted by Gasteiger charge is -1.93. The van der Waals surface area contributed by atoms with Gasteiger partial charge in [0.1, 0.15) is 0 Å². The molecule has 2 aromatic rings. The van der Waals surface area contributed by atoms with Gasteiger partial charge in [-0.3, -0.25) is 10.1 Å². The first-order chi connectivity index (χ1) is 6.20. The van der Waals surface area contributed by atoms with E-state index in [0.29, 0.717) is 0 Å². The largest absolute Gasteiger partial charge is 0.279 e. The summed E-state index contributed by atoms with van der Waals surface area (Å²) in [5.74, 6) is 0. The molecular weight excluding hydrogens is 301 g/mol. The second-order valence-corrected chi connectivity index (χ2v) is 4.56. The summed E-state index contributed by atoms with van der Waals surface area (Å²) in [6, 6.07) is 5.15. The van der Waals surface area contributed by atoms with Gasteiger partial charge in [-0.25, -0.2) is 0 Å². The van der Waals surface area contributed by atoms with Crippen LogP contribution in [0.3, 0.4) is 0 Å². The molecule has 66 valence electrons. The molecule has 0 amide bonds. The number of hydrogen-bond acceptors (Lipinski definition) is 3. The Balaban J connectivity index is 2.88. The van der Waals surface area contributed by atoms with Gasteiger partial charge in [0.15, 0.2) is 0 Å². The molecule has 0 atom stereocenters. The van der Waals surface area contributed by atoms with Gasteiger partial charge in [-0.1, -0.05) is 6.07 Å². The molecule has 0 aliphatic rings. The Kier molecular flexibility index (Phi) is 2.20. The molecule has 2 rings (SSSR count). The third kappa shape index (κ3) is 1.42. The molecule has 0 spiro atoms. The van der Waals surface area contributed by atoms with Crippen molar-refractivity contribution in [3.8, 4) is 0 Å². The predicted octanol–water partition coefficient (Wildman–Crippen LogP) is 3.41. The van der Waals surface area contributed by atoms with E-state index < -0.39 is 0 Å². The molecule has 13 heavy (non-hydrogen) atoms. The summed E-state index contributed by atoms with van der Waals surface area (Å²) in [5, 5.41) is 13.4. The zero-order chi connectivity index (χ0) is 9.42. The summed E-state index contributed by atoms with van der Waals surface area (Å²) in [6.45, 7) is 0. The van der Waals surface area contributed by atoms with Crippen LogP contribution in [0.4, 0.5) is 5.69 Å². The summed E-state index contributed by atoms with van der Waals surface area (Å²) in [6.07, 6.45) is 0. The minimum atomic E-state index is -0.336. The maximum absolute atomic E-state index is 10.7. The summed E-state index contributed by atoms with van der Waals surface area (Å²) in [7, 11) is 0. The minimum absolute atomic E-state index is 0.197. The molecule has 3 nitrogen and oxygen atoms in total. The molecule has 0 bridgehead atoms. The van der Waals surface area contributed by atoms with E-state index in [4.69, 9.17) is 0 Å². The Morgan fingerprint density at radius 2 is 2.23 bits per heavy atom. The summed E-state index contributed by atoms with van der Waals surface area (Å²) in [4.78, 5) is 10.3. The van der Waals surface area contributed by atoms with Crippen LogP contribution in [0.5, 0.6) is 0 Å². The van der Waals surface area contributed by atoms with Crippen molar-refractivity contribution in [2.75, 3.05) is 0 Å². The van der Waals surface area contributed by atoms with Gasteiger partial charge in [0.2, 0.25) is 0 Å². The number of halogens is 1. The lowest BCUT2D eigenvalue weighted by molar-refractivity contribution is -0.383. The average molecular weight is 305 g/mol. The van der Waals surface area contributed by atoms with Crippen LogP contribution in [0.25, 0.3) is 10.1 Å². The normalized spacial score (nSPS) is 10.5. The van der Waals surface area contributed by atoms with Crippen molar-refractivity contribution in [2.45, 2.75) is 0 Å². The van der Waals surface area contributed by atoms with E-state index in [1.54, 1.807) is 6.07 Å². The standard InChI is InChI=1S/C8H4INO2S/c9-5-4-13-7-3-1-2-6(8(5)7)10(11)12/h1-4H. The molecule has 0 radical (unpaired) electrons. The fourth-order valence-electron chi connectivity index (χ4n) is 1.18. The van der Waals surface area contributed by atoms with Gasteiger partial charge < -0.3 is 0 Å². The van der Waals surface area contributed by atoms with Gasteiger partial charge >= 0.3 is 0 Å². The van der Waals surface area contributed by atoms with Crippen LogP contribution < -0.4 is 0 Å². The number of nitro groups is 1. The number of nitrogens with zero attached hydrogens (tertiary/aromatic N) is 1. The molecule has 1 aromatic heterocycles. The Hall–Kier alpha value is -0.690. The van der Waals surface area contributed by atoms with E-state index in [-0.39, 0.29) is 10.6 Å². The number of benzene rings is 1. The number of nitro benzene ring substituents is 1. The van der Waals surface area contributed by atoms with Crippen LogP contribution in [-0.2, 0) is 0 Å². The van der Waals surface area contributed by atoms with Crippen LogP contribution in [0.15, 0.2) is 23.6 Å². The molecule has 0 unspecified atom stereocenters. The fraction of sp³-hybridized carbons (Fsp3) is 0. The number of rotatable bonds is 1. The van der Waals surface area contributed by atoms with E-state index in [2.05, 4.69) is 22.6 Å². The Bertz CT molecular complexity index is 480. The number of non-ortho nitro benzene ring substituents is 1. The zero-order valence-corrected chi connectivity index (χ0v) is 9.33. The van der Waals surface area contributed by atoms with E-state index >= 15 is 0 Å². The Labute approximate surface area is 91.7 Å². The van der Waals surface area contributed by atoms with Crippen molar-refractivity contribution in [3.63, 3.8) is 0 Å². The molecule has 0 aliphatic carbocycles. The van der Waals surface area contributed by atoms with Crippen LogP contribution in [-0.4, -0.2) is 4.92 Å². The first-order valence-electron chi connectivity index (χ1n) is 3.50. The Morgan fingerprint density at radius 3 is 2.92 bits per heavy atom. The van der Waals surface area contributed by atoms with E-state index in [1.807, 2.05) is 11.4 Å². The molecule has 5 heteroatoms. The first kappa shape index (κ1) is 8.89. The van der Waals surface area contributed by atoms with E-state index in [1.165, 1.54) is 17.4 Å². The van der Waals surface area contributed by atoms with Crippen molar-refractivity contribution >= 4 is 49.7 Å². The fourth-order valence-corrected chi connectivity index (χ4v) is 3.15. The zero-order valence-electron chi connectivity index (χ0n) is 6.36. The lowest BCUT2D eigenvalue weighted by atomic mass is 10.2. The monoisotopic (exact) mass is 305 g/mol. The third-order valence-corrected chi connectivity index (χ3v) is 3.95. The van der Waals surface area contributed by atoms with Crippen LogP contribution in [0.1, 0.15) is 0 Å². The smallest absolute Gasteiger partial charge is 0.258 e. The quantitative estimate of drug-likeness (QED) is 0.460. The van der Waals surface area contributed by atoms with E-state index in [9.17, 15) is 10.1 Å². The second-order valence-electron chi connectivity index (χ2n) is 2.49. The van der Waals surface area contributed by atoms with Crippen molar-refractivity contribution in [1.29, 1.82) is 0 Å². The van der Waals surface area contributed by atoms with Crippen LogP contribution in [0.2, 0.25) is 0 Å². The third-order valence-electron chi connectivity index (χ3n) is 1.73. The summed E-state index contributed by atoms with van der Waals surface area (Å²) in [5.41, 5.74) is 0.197. The van der Waals surface area contributed by atoms with Gasteiger partial charge in [-0.05, 0) is 28.7 Å². The van der Waals surface area contributed by atoms with Crippen molar-refractivity contribution in [3.05, 3.63) is 37.3 Å². The number of hydrogen-bond donors (Lipinski definition) is 0. The average Bonchev–Trinajstić information content (AvgIpc) is 2.48. The Morgan fingerprint density at radius 1 is 1.46 bits per heavy atom. The summed E-state index contributed by atoms with van der Waals surface area (Å²) >= 11 is 3.65. The highest BCUT2D eigenvalue weighted by Crippen LogP contribution is 2.33. The number of thiophene rings is 1. The van der Waals surface area contributed by atoms with Crippen LogP contribution >= 0.6 is 33.9 Å². The van der Waals surface area contributed by atoms with Crippen molar-refractivity contribution in [1.82, 2.24) is 0 Å². The molecule has 0 fully saturated rings. The molecular formula is C8H4INO2S. The molecule has 1 aromatic carbocycles. The van der Waals surface area contributed by atoms with E-state index in [0.717, 1.165) is 13.7 Å². The molecule has 0 saturated heterocycles. The van der Waals surface area contributed by atoms with Crippen molar-refractivity contribution < 1.29 is 4.92 Å². The van der Waals surface area contributed by atoms with Gasteiger partial charge in [-0.2, -0.15) is 0 Å². The van der Waals surface area contributed by atoms with Gasteiger partial charge in [0, 0.05) is 19.7 Å². The van der Waals surface area contributed by atoms with Crippen LogP contribution in [0, 0.1) is 13.7 Å². The van der Waals surface area contributed by atoms with Gasteiger partial charge in [0.25, 0.3) is 5.69 Å². The second kappa shape index (κ2) is 3.22. The number of fused-ring (bicyclic) bond motifs is 1. The topological polar surface area (TPSA) is 43.1 Å². The highest BCUT2D eigenvalue weighted by Gasteiger charge is 2.14. The summed E-state index contributed by atoms with van der Waals surface area (Å²) < 4.78 is 1.92.